The quantitative estimate of drug-likeness (QED) is 0.138. The summed E-state index contributed by atoms with van der Waals surface area (Å²) in [6, 6.07) is 12.6. The highest BCUT2D eigenvalue weighted by molar-refractivity contribution is 5.98. The second-order valence-electron chi connectivity index (χ2n) is 8.99. The van der Waals surface area contributed by atoms with Gasteiger partial charge in [0.2, 0.25) is 5.95 Å². The van der Waals surface area contributed by atoms with Crippen LogP contribution in [-0.2, 0) is 20.9 Å². The number of rotatable bonds is 10. The number of aliphatic carboxylic acids is 1. The maximum atomic E-state index is 12.7. The predicted molar refractivity (Wildman–Crippen MR) is 146 cm³/mol. The molecule has 2 heterocycles. The van der Waals surface area contributed by atoms with E-state index in [4.69, 9.17) is 10.5 Å². The number of hydrogen-bond donors (Lipinski definition) is 5. The molecule has 0 radical (unpaired) electrons. The van der Waals surface area contributed by atoms with Crippen LogP contribution in [-0.4, -0.2) is 54.9 Å². The molecule has 2 aromatic heterocycles. The van der Waals surface area contributed by atoms with Crippen molar-refractivity contribution < 1.29 is 29.0 Å². The van der Waals surface area contributed by atoms with E-state index in [1.54, 1.807) is 30.3 Å². The lowest BCUT2D eigenvalue weighted by Crippen LogP contribution is -2.42. The number of anilines is 2. The van der Waals surface area contributed by atoms with Gasteiger partial charge < -0.3 is 26.2 Å². The number of carbonyl (C=O) groups excluding carboxylic acids is 3. The van der Waals surface area contributed by atoms with E-state index in [0.717, 1.165) is 0 Å². The molecule has 6 N–H and O–H groups in total. The third-order valence-corrected chi connectivity index (χ3v) is 5.90. The normalized spacial score (nSPS) is 12.2. The highest BCUT2D eigenvalue weighted by atomic mass is 16.6. The van der Waals surface area contributed by atoms with Crippen molar-refractivity contribution in [2.45, 2.75) is 25.9 Å². The van der Waals surface area contributed by atoms with Gasteiger partial charge in [0.1, 0.15) is 6.04 Å². The Morgan fingerprint density at radius 1 is 1.02 bits per heavy atom. The minimum Gasteiger partial charge on any atom is -0.480 e. The maximum absolute atomic E-state index is 12.7. The molecule has 0 aliphatic carbocycles. The zero-order valence-electron chi connectivity index (χ0n) is 21.7. The summed E-state index contributed by atoms with van der Waals surface area (Å²) in [6.07, 6.45) is 1.16. The Labute approximate surface area is 232 Å². The number of fused-ring (bicyclic) bond motifs is 1. The van der Waals surface area contributed by atoms with Gasteiger partial charge >= 0.3 is 17.9 Å². The number of carboxylic acids is 1. The molecule has 0 unspecified atom stereocenters. The summed E-state index contributed by atoms with van der Waals surface area (Å²) in [7, 11) is 0. The number of ether oxygens (including phenoxy) is 1. The Hall–Kier alpha value is -5.66. The van der Waals surface area contributed by atoms with Crippen molar-refractivity contribution in [3.8, 4) is 0 Å². The Kier molecular flexibility index (Phi) is 8.62. The Morgan fingerprint density at radius 2 is 1.73 bits per heavy atom. The third-order valence-electron chi connectivity index (χ3n) is 5.90. The van der Waals surface area contributed by atoms with Crippen LogP contribution in [0.25, 0.3) is 11.2 Å². The highest BCUT2D eigenvalue weighted by Gasteiger charge is 2.28. The molecule has 0 saturated heterocycles. The van der Waals surface area contributed by atoms with E-state index in [1.165, 1.54) is 37.4 Å². The molecule has 0 saturated carbocycles. The van der Waals surface area contributed by atoms with Gasteiger partial charge in [0.25, 0.3) is 11.5 Å². The second-order valence-corrected chi connectivity index (χ2v) is 8.99. The number of nitrogens with one attached hydrogen (secondary N) is 3. The first-order valence-electron chi connectivity index (χ1n) is 12.3. The second kappa shape index (κ2) is 12.5. The molecule has 0 fully saturated rings. The fraction of sp³-hybridized carbons (Fsp3) is 0.185. The number of amides is 1. The van der Waals surface area contributed by atoms with Crippen LogP contribution in [0, 0.1) is 5.92 Å². The van der Waals surface area contributed by atoms with Crippen molar-refractivity contribution in [3.63, 3.8) is 0 Å². The third kappa shape index (κ3) is 7.26. The van der Waals surface area contributed by atoms with Crippen LogP contribution in [0.1, 0.15) is 39.8 Å². The molecule has 14 nitrogen and oxygen atoms in total. The number of hydrogen-bond acceptors (Lipinski definition) is 11. The van der Waals surface area contributed by atoms with Crippen molar-refractivity contribution in [3.05, 3.63) is 88.0 Å². The molecule has 2 aromatic carbocycles. The minimum atomic E-state index is -1.41. The number of benzene rings is 2. The molecular weight excluding hydrogens is 534 g/mol. The first kappa shape index (κ1) is 28.4. The number of nitrogens with two attached hydrogens (primary N) is 1. The van der Waals surface area contributed by atoms with Crippen LogP contribution in [0.4, 0.5) is 11.6 Å². The molecule has 4 rings (SSSR count). The largest absolute Gasteiger partial charge is 0.480 e. The number of esters is 2. The topological polar surface area (TPSA) is 219 Å². The molecule has 0 spiro atoms. The molecular formula is C27H25N7O7. The van der Waals surface area contributed by atoms with Gasteiger partial charge in [-0.1, -0.05) is 25.1 Å². The molecule has 0 aliphatic rings. The van der Waals surface area contributed by atoms with Crippen LogP contribution < -0.4 is 21.9 Å². The Balaban J connectivity index is 1.32. The summed E-state index contributed by atoms with van der Waals surface area (Å²) >= 11 is 0. The number of aromatic nitrogens is 4. The van der Waals surface area contributed by atoms with Crippen molar-refractivity contribution in [1.82, 2.24) is 25.3 Å². The van der Waals surface area contributed by atoms with Crippen LogP contribution in [0.5, 0.6) is 0 Å². The van der Waals surface area contributed by atoms with E-state index < -0.39 is 41.3 Å². The van der Waals surface area contributed by atoms with Gasteiger partial charge in [-0.3, -0.25) is 19.4 Å². The van der Waals surface area contributed by atoms with E-state index >= 15 is 0 Å². The smallest absolute Gasteiger partial charge is 0.345 e. The van der Waals surface area contributed by atoms with Crippen LogP contribution >= 0.6 is 0 Å². The standard InChI is InChI=1S/C27H25N7O7/c1-14(25(39)41-26(40)16-5-3-2-4-6-16)11-19(24(37)38)32-22(35)15-7-9-17(10-8-15)29-12-18-13-30-21-20(31-18)23(36)34-27(28)33-21/h2-10,13-14,19,29H,11-12H2,1H3,(H,32,35)(H,37,38)(H3,28,30,33,34,36)/t14-,19-/m0/s1. The SMILES string of the molecule is C[C@@H](C[C@H](NC(=O)c1ccc(NCc2cnc3nc(N)[nH]c(=O)c3n2)cc1)C(=O)O)C(=O)OC(=O)c1ccccc1. The average molecular weight is 560 g/mol. The van der Waals surface area contributed by atoms with Crippen molar-refractivity contribution in [2.75, 3.05) is 11.1 Å². The van der Waals surface area contributed by atoms with E-state index in [2.05, 4.69) is 30.6 Å². The number of carbonyl (C=O) groups is 4. The lowest BCUT2D eigenvalue weighted by atomic mass is 10.0. The maximum Gasteiger partial charge on any atom is 0.345 e. The predicted octanol–water partition coefficient (Wildman–Crippen LogP) is 1.50. The number of aromatic amines is 1. The van der Waals surface area contributed by atoms with E-state index in [-0.39, 0.29) is 41.2 Å². The fourth-order valence-electron chi connectivity index (χ4n) is 3.73. The molecule has 210 valence electrons. The van der Waals surface area contributed by atoms with Crippen LogP contribution in [0.15, 0.2) is 65.6 Å². The first-order chi connectivity index (χ1) is 19.6. The summed E-state index contributed by atoms with van der Waals surface area (Å²) in [5.74, 6) is -4.83. The molecule has 4 aromatic rings. The summed E-state index contributed by atoms with van der Waals surface area (Å²) in [4.78, 5) is 75.6. The summed E-state index contributed by atoms with van der Waals surface area (Å²) in [5, 5.41) is 15.1. The summed E-state index contributed by atoms with van der Waals surface area (Å²) in [6.45, 7) is 1.62. The van der Waals surface area contributed by atoms with Crippen molar-refractivity contribution in [1.29, 1.82) is 0 Å². The van der Waals surface area contributed by atoms with Gasteiger partial charge in [0, 0.05) is 11.3 Å². The van der Waals surface area contributed by atoms with E-state index in [9.17, 15) is 29.1 Å². The molecule has 14 heteroatoms. The highest BCUT2D eigenvalue weighted by Crippen LogP contribution is 2.14. The number of nitrogen functional groups attached to an aromatic ring is 1. The molecule has 0 bridgehead atoms. The number of H-pyrrole nitrogens is 1. The summed E-state index contributed by atoms with van der Waals surface area (Å²) in [5.41, 5.74) is 6.59. The summed E-state index contributed by atoms with van der Waals surface area (Å²) < 4.78 is 4.84. The Morgan fingerprint density at radius 3 is 2.41 bits per heavy atom. The lowest BCUT2D eigenvalue weighted by molar-refractivity contribution is -0.144. The average Bonchev–Trinajstić information content (AvgIpc) is 2.96. The number of carboxylic acid groups (broad SMARTS) is 1. The molecule has 2 atom stereocenters. The Bertz CT molecular complexity index is 1660. The van der Waals surface area contributed by atoms with Gasteiger partial charge in [0.05, 0.1) is 29.9 Å². The number of nitrogens with zero attached hydrogens (tertiary/aromatic N) is 3. The van der Waals surface area contributed by atoms with Crippen molar-refractivity contribution in [2.24, 2.45) is 5.92 Å². The molecule has 41 heavy (non-hydrogen) atoms. The lowest BCUT2D eigenvalue weighted by Gasteiger charge is -2.18. The van der Waals surface area contributed by atoms with Gasteiger partial charge in [-0.15, -0.1) is 0 Å². The first-order valence-corrected chi connectivity index (χ1v) is 12.3. The zero-order chi connectivity index (χ0) is 29.5. The van der Waals surface area contributed by atoms with Crippen LogP contribution in [0.2, 0.25) is 0 Å². The monoisotopic (exact) mass is 559 g/mol. The zero-order valence-corrected chi connectivity index (χ0v) is 21.7. The van der Waals surface area contributed by atoms with Crippen LogP contribution in [0.3, 0.4) is 0 Å². The minimum absolute atomic E-state index is 0.0453. The van der Waals surface area contributed by atoms with E-state index in [1.807, 2.05) is 0 Å². The van der Waals surface area contributed by atoms with Crippen molar-refractivity contribution >= 4 is 46.6 Å². The van der Waals surface area contributed by atoms with Gasteiger partial charge in [-0.05, 0) is 42.8 Å². The fourth-order valence-corrected chi connectivity index (χ4v) is 3.73. The van der Waals surface area contributed by atoms with E-state index in [0.29, 0.717) is 11.4 Å². The van der Waals surface area contributed by atoms with Gasteiger partial charge in [-0.25, -0.2) is 19.6 Å². The van der Waals surface area contributed by atoms with Gasteiger partial charge in [-0.2, -0.15) is 4.98 Å². The molecule has 1 amide bonds. The van der Waals surface area contributed by atoms with Gasteiger partial charge in [0.15, 0.2) is 11.2 Å². The molecule has 0 aliphatic heterocycles.